The Kier molecular flexibility index (Phi) is 6.45. The van der Waals surface area contributed by atoms with Gasteiger partial charge in [-0.2, -0.15) is 0 Å². The number of β-amino-alcohol motifs (C(OH)–C–C–N with tert-alkyl or cyclic N) is 1. The van der Waals surface area contributed by atoms with Crippen molar-refractivity contribution in [1.29, 1.82) is 0 Å². The average molecular weight is 300 g/mol. The second kappa shape index (κ2) is 7.64. The average Bonchev–Trinajstić information content (AvgIpc) is 2.80. The summed E-state index contributed by atoms with van der Waals surface area (Å²) in [5, 5.41) is 19.0. The van der Waals surface area contributed by atoms with Gasteiger partial charge in [0.25, 0.3) is 0 Å². The van der Waals surface area contributed by atoms with E-state index in [2.05, 4.69) is 0 Å². The number of amides is 2. The summed E-state index contributed by atoms with van der Waals surface area (Å²) >= 11 is 0. The van der Waals surface area contributed by atoms with Crippen LogP contribution in [0.4, 0.5) is 4.79 Å². The minimum absolute atomic E-state index is 0.102. The minimum atomic E-state index is -1.05. The van der Waals surface area contributed by atoms with Crippen LogP contribution in [-0.2, 0) is 4.79 Å². The van der Waals surface area contributed by atoms with Crippen LogP contribution in [0, 0.1) is 5.92 Å². The van der Waals surface area contributed by atoms with Crippen molar-refractivity contribution in [2.75, 3.05) is 13.1 Å². The van der Waals surface area contributed by atoms with Gasteiger partial charge in [0, 0.05) is 25.6 Å². The van der Waals surface area contributed by atoms with Crippen molar-refractivity contribution in [1.82, 2.24) is 9.80 Å². The molecule has 1 aliphatic rings. The number of nitrogens with zero attached hydrogens (tertiary/aromatic N) is 2. The molecule has 122 valence electrons. The zero-order valence-electron chi connectivity index (χ0n) is 13.5. The number of aliphatic hydroxyl groups is 1. The lowest BCUT2D eigenvalue weighted by molar-refractivity contribution is -0.141. The first-order valence-corrected chi connectivity index (χ1v) is 7.79. The van der Waals surface area contributed by atoms with Crippen molar-refractivity contribution in [2.45, 2.75) is 65.1 Å². The molecule has 0 radical (unpaired) electrons. The third-order valence-electron chi connectivity index (χ3n) is 4.00. The molecule has 1 fully saturated rings. The van der Waals surface area contributed by atoms with Crippen molar-refractivity contribution in [3.63, 3.8) is 0 Å². The molecule has 0 spiro atoms. The van der Waals surface area contributed by atoms with Crippen LogP contribution in [0.5, 0.6) is 0 Å². The van der Waals surface area contributed by atoms with E-state index in [-0.39, 0.29) is 25.0 Å². The number of likely N-dealkylation sites (tertiary alicyclic amines) is 1. The van der Waals surface area contributed by atoms with E-state index < -0.39 is 18.1 Å². The van der Waals surface area contributed by atoms with Crippen LogP contribution in [0.2, 0.25) is 0 Å². The number of carboxylic acid groups (broad SMARTS) is 1. The summed E-state index contributed by atoms with van der Waals surface area (Å²) in [5.41, 5.74) is 0. The largest absolute Gasteiger partial charge is 0.480 e. The van der Waals surface area contributed by atoms with Crippen molar-refractivity contribution in [3.8, 4) is 0 Å². The molecule has 1 saturated heterocycles. The SMILES string of the molecule is CCC(CC)N(CC(C)C)C(=O)N1C[C@H](O)C[C@H]1C(=O)O. The van der Waals surface area contributed by atoms with Gasteiger partial charge in [-0.3, -0.25) is 0 Å². The first-order chi connectivity index (χ1) is 9.81. The summed E-state index contributed by atoms with van der Waals surface area (Å²) in [7, 11) is 0. The topological polar surface area (TPSA) is 81.1 Å². The van der Waals surface area contributed by atoms with E-state index in [9.17, 15) is 19.8 Å². The van der Waals surface area contributed by atoms with Gasteiger partial charge in [0.2, 0.25) is 0 Å². The maximum absolute atomic E-state index is 12.8. The second-order valence-corrected chi connectivity index (χ2v) is 6.20. The van der Waals surface area contributed by atoms with Crippen LogP contribution in [0.15, 0.2) is 0 Å². The molecule has 0 aliphatic carbocycles. The molecule has 1 aliphatic heterocycles. The number of hydrogen-bond donors (Lipinski definition) is 2. The number of rotatable bonds is 6. The third-order valence-corrected chi connectivity index (χ3v) is 4.00. The van der Waals surface area contributed by atoms with E-state index in [1.807, 2.05) is 27.7 Å². The number of urea groups is 1. The van der Waals surface area contributed by atoms with E-state index in [1.165, 1.54) is 4.90 Å². The van der Waals surface area contributed by atoms with Crippen LogP contribution in [-0.4, -0.2) is 63.3 Å². The maximum Gasteiger partial charge on any atom is 0.326 e. The lowest BCUT2D eigenvalue weighted by Crippen LogP contribution is -2.52. The van der Waals surface area contributed by atoms with Crippen LogP contribution in [0.1, 0.15) is 47.0 Å². The number of hydrogen-bond acceptors (Lipinski definition) is 3. The second-order valence-electron chi connectivity index (χ2n) is 6.20. The van der Waals surface area contributed by atoms with Gasteiger partial charge in [0.15, 0.2) is 0 Å². The van der Waals surface area contributed by atoms with Gasteiger partial charge in [-0.05, 0) is 18.8 Å². The maximum atomic E-state index is 12.8. The lowest BCUT2D eigenvalue weighted by Gasteiger charge is -2.36. The monoisotopic (exact) mass is 300 g/mol. The van der Waals surface area contributed by atoms with Gasteiger partial charge in [-0.1, -0.05) is 27.7 Å². The van der Waals surface area contributed by atoms with E-state index in [0.717, 1.165) is 12.8 Å². The zero-order chi connectivity index (χ0) is 16.2. The summed E-state index contributed by atoms with van der Waals surface area (Å²) in [5.74, 6) is -0.737. The normalized spacial score (nSPS) is 22.1. The molecule has 0 aromatic carbocycles. The number of carbonyl (C=O) groups is 2. The Labute approximate surface area is 126 Å². The van der Waals surface area contributed by atoms with Crippen molar-refractivity contribution >= 4 is 12.0 Å². The van der Waals surface area contributed by atoms with Crippen LogP contribution in [0.25, 0.3) is 0 Å². The van der Waals surface area contributed by atoms with Crippen LogP contribution < -0.4 is 0 Å². The van der Waals surface area contributed by atoms with E-state index in [0.29, 0.717) is 12.5 Å². The van der Waals surface area contributed by atoms with Crippen molar-refractivity contribution in [3.05, 3.63) is 0 Å². The van der Waals surface area contributed by atoms with E-state index >= 15 is 0 Å². The molecule has 6 heteroatoms. The van der Waals surface area contributed by atoms with Crippen molar-refractivity contribution in [2.24, 2.45) is 5.92 Å². The predicted octanol–water partition coefficient (Wildman–Crippen LogP) is 1.77. The number of carboxylic acids is 1. The van der Waals surface area contributed by atoms with Gasteiger partial charge in [-0.15, -0.1) is 0 Å². The highest BCUT2D eigenvalue weighted by Gasteiger charge is 2.41. The fourth-order valence-corrected chi connectivity index (χ4v) is 2.93. The Morgan fingerprint density at radius 2 is 1.86 bits per heavy atom. The van der Waals surface area contributed by atoms with E-state index in [1.54, 1.807) is 4.90 Å². The summed E-state index contributed by atoms with van der Waals surface area (Å²) in [6.45, 7) is 8.84. The molecule has 2 amide bonds. The molecule has 1 heterocycles. The molecule has 2 N–H and O–H groups in total. The van der Waals surface area contributed by atoms with Gasteiger partial charge < -0.3 is 20.0 Å². The van der Waals surface area contributed by atoms with Gasteiger partial charge in [0.05, 0.1) is 6.10 Å². The summed E-state index contributed by atoms with van der Waals surface area (Å²) in [4.78, 5) is 27.2. The minimum Gasteiger partial charge on any atom is -0.480 e. The molecule has 2 atom stereocenters. The number of aliphatic hydroxyl groups excluding tert-OH is 1. The quantitative estimate of drug-likeness (QED) is 0.783. The molecule has 0 aromatic heterocycles. The van der Waals surface area contributed by atoms with E-state index in [4.69, 9.17) is 0 Å². The molecular formula is C15H28N2O4. The zero-order valence-corrected chi connectivity index (χ0v) is 13.5. The van der Waals surface area contributed by atoms with Gasteiger partial charge in [0.1, 0.15) is 6.04 Å². The van der Waals surface area contributed by atoms with Crippen LogP contribution in [0.3, 0.4) is 0 Å². The smallest absolute Gasteiger partial charge is 0.326 e. The Bertz CT molecular complexity index is 369. The molecule has 6 nitrogen and oxygen atoms in total. The fraction of sp³-hybridized carbons (Fsp3) is 0.867. The Balaban J connectivity index is 2.95. The summed E-state index contributed by atoms with van der Waals surface area (Å²) in [6.07, 6.45) is 1.03. The first-order valence-electron chi connectivity index (χ1n) is 7.79. The highest BCUT2D eigenvalue weighted by atomic mass is 16.4. The lowest BCUT2D eigenvalue weighted by atomic mass is 10.1. The van der Waals surface area contributed by atoms with Crippen LogP contribution >= 0.6 is 0 Å². The molecule has 0 saturated carbocycles. The van der Waals surface area contributed by atoms with Gasteiger partial charge >= 0.3 is 12.0 Å². The van der Waals surface area contributed by atoms with Crippen molar-refractivity contribution < 1.29 is 19.8 Å². The fourth-order valence-electron chi connectivity index (χ4n) is 2.93. The molecule has 0 aromatic rings. The Morgan fingerprint density at radius 3 is 2.29 bits per heavy atom. The molecule has 21 heavy (non-hydrogen) atoms. The highest BCUT2D eigenvalue weighted by molar-refractivity contribution is 5.83. The molecule has 1 rings (SSSR count). The number of carbonyl (C=O) groups excluding carboxylic acids is 1. The number of aliphatic carboxylic acids is 1. The Hall–Kier alpha value is -1.30. The van der Waals surface area contributed by atoms with Gasteiger partial charge in [-0.25, -0.2) is 9.59 Å². The summed E-state index contributed by atoms with van der Waals surface area (Å²) < 4.78 is 0. The third kappa shape index (κ3) is 4.33. The molecular weight excluding hydrogens is 272 g/mol. The Morgan fingerprint density at radius 1 is 1.29 bits per heavy atom. The molecule has 0 unspecified atom stereocenters. The predicted molar refractivity (Wildman–Crippen MR) is 80.1 cm³/mol. The standard InChI is InChI=1S/C15H28N2O4/c1-5-11(6-2)16(8-10(3)4)15(21)17-9-12(18)7-13(17)14(19)20/h10-13,18H,5-9H2,1-4H3,(H,19,20)/t12-,13+/m1/s1. The first kappa shape index (κ1) is 17.8. The highest BCUT2D eigenvalue weighted by Crippen LogP contribution is 2.23. The molecule has 0 bridgehead atoms. The summed E-state index contributed by atoms with van der Waals surface area (Å²) in [6, 6.07) is -1.08.